The summed E-state index contributed by atoms with van der Waals surface area (Å²) in [4.78, 5) is 17.0. The number of amides is 1. The highest BCUT2D eigenvalue weighted by Gasteiger charge is 2.29. The number of aliphatic hydroxyl groups is 1. The Bertz CT molecular complexity index is 1120. The van der Waals surface area contributed by atoms with Crippen molar-refractivity contribution in [2.45, 2.75) is 32.0 Å². The minimum absolute atomic E-state index is 0.0446. The van der Waals surface area contributed by atoms with Crippen LogP contribution >= 0.6 is 0 Å². The summed E-state index contributed by atoms with van der Waals surface area (Å²) in [5.41, 5.74) is 2.54. The lowest BCUT2D eigenvalue weighted by Crippen LogP contribution is -2.51. The molecule has 0 aliphatic carbocycles. The van der Waals surface area contributed by atoms with Gasteiger partial charge in [-0.1, -0.05) is 23.2 Å². The maximum atomic E-state index is 11.4. The Kier molecular flexibility index (Phi) is 6.54. The summed E-state index contributed by atoms with van der Waals surface area (Å²) in [6.45, 7) is 3.46. The molecule has 1 aliphatic heterocycles. The number of aliphatic hydroxyl groups excluding tert-OH is 1. The molecular weight excluding hydrogens is 412 g/mol. The van der Waals surface area contributed by atoms with E-state index in [9.17, 15) is 15.0 Å². The van der Waals surface area contributed by atoms with Crippen molar-refractivity contribution in [1.29, 1.82) is 0 Å². The number of benzene rings is 1. The molecule has 0 bridgehead atoms. The van der Waals surface area contributed by atoms with Crippen molar-refractivity contribution in [3.05, 3.63) is 71.1 Å². The fourth-order valence-electron chi connectivity index (χ4n) is 3.42. The Balaban J connectivity index is 1.34. The zero-order chi connectivity index (χ0) is 22.5. The van der Waals surface area contributed by atoms with E-state index >= 15 is 0 Å². The number of hydrogen-bond acceptors (Lipinski definition) is 6. The molecule has 32 heavy (non-hydrogen) atoms. The standard InChI is InChI=1S/C23H24N4O5/c1-16(28)22-24-9-11-26(22)13-19-12-21(32-25-19)7-6-17-2-4-18(5-3-17)8-10-27(23(29)30)20-14-31-15-20/h2-5,9,11-12,16,20,28H,8,10,13-15H2,1H3,(H,29,30). The van der Waals surface area contributed by atoms with Crippen molar-refractivity contribution in [2.75, 3.05) is 19.8 Å². The third-order valence-corrected chi connectivity index (χ3v) is 5.24. The van der Waals surface area contributed by atoms with Gasteiger partial charge in [-0.2, -0.15) is 0 Å². The summed E-state index contributed by atoms with van der Waals surface area (Å²) in [6, 6.07) is 9.41. The number of carbonyl (C=O) groups is 1. The van der Waals surface area contributed by atoms with E-state index in [4.69, 9.17) is 9.26 Å². The van der Waals surface area contributed by atoms with Crippen LogP contribution in [0.4, 0.5) is 4.79 Å². The third-order valence-electron chi connectivity index (χ3n) is 5.24. The van der Waals surface area contributed by atoms with Crippen molar-refractivity contribution >= 4 is 6.09 Å². The van der Waals surface area contributed by atoms with E-state index in [1.165, 1.54) is 4.90 Å². The largest absolute Gasteiger partial charge is 0.465 e. The van der Waals surface area contributed by atoms with Crippen LogP contribution in [-0.4, -0.2) is 61.7 Å². The highest BCUT2D eigenvalue weighted by molar-refractivity contribution is 5.65. The van der Waals surface area contributed by atoms with E-state index < -0.39 is 12.2 Å². The Morgan fingerprint density at radius 3 is 2.75 bits per heavy atom. The van der Waals surface area contributed by atoms with E-state index in [1.807, 2.05) is 28.8 Å². The third kappa shape index (κ3) is 5.17. The van der Waals surface area contributed by atoms with Crippen LogP contribution in [0.3, 0.4) is 0 Å². The first-order valence-electron chi connectivity index (χ1n) is 10.3. The predicted molar refractivity (Wildman–Crippen MR) is 114 cm³/mol. The highest BCUT2D eigenvalue weighted by atomic mass is 16.5. The number of nitrogens with zero attached hydrogens (tertiary/aromatic N) is 4. The van der Waals surface area contributed by atoms with Gasteiger partial charge in [0.2, 0.25) is 5.76 Å². The van der Waals surface area contributed by atoms with Gasteiger partial charge in [0.15, 0.2) is 0 Å². The SMILES string of the molecule is CC(O)c1nccn1Cc1cc(C#Cc2ccc(CCN(C(=O)O)C3COC3)cc2)on1. The molecule has 0 spiro atoms. The lowest BCUT2D eigenvalue weighted by atomic mass is 10.1. The molecule has 2 aromatic heterocycles. The number of carboxylic acid groups (broad SMARTS) is 1. The van der Waals surface area contributed by atoms with Crippen LogP contribution in [0.1, 0.15) is 41.4 Å². The number of rotatable bonds is 7. The van der Waals surface area contributed by atoms with E-state index in [2.05, 4.69) is 22.0 Å². The van der Waals surface area contributed by atoms with Crippen LogP contribution in [0, 0.1) is 11.8 Å². The first kappa shape index (κ1) is 21.6. The van der Waals surface area contributed by atoms with Crippen molar-refractivity contribution in [1.82, 2.24) is 19.6 Å². The maximum absolute atomic E-state index is 11.4. The molecule has 166 valence electrons. The fourth-order valence-corrected chi connectivity index (χ4v) is 3.42. The minimum Gasteiger partial charge on any atom is -0.465 e. The monoisotopic (exact) mass is 436 g/mol. The minimum atomic E-state index is -0.914. The van der Waals surface area contributed by atoms with Crippen molar-refractivity contribution in [2.24, 2.45) is 0 Å². The molecule has 2 N–H and O–H groups in total. The average Bonchev–Trinajstić information content (AvgIpc) is 3.38. The molecule has 9 heteroatoms. The molecular formula is C23H24N4O5. The van der Waals surface area contributed by atoms with Gasteiger partial charge < -0.3 is 28.9 Å². The van der Waals surface area contributed by atoms with Crippen LogP contribution in [0.15, 0.2) is 47.2 Å². The quantitative estimate of drug-likeness (QED) is 0.546. The second kappa shape index (κ2) is 9.68. The van der Waals surface area contributed by atoms with Gasteiger partial charge in [0.25, 0.3) is 0 Å². The molecule has 1 unspecified atom stereocenters. The van der Waals surface area contributed by atoms with Gasteiger partial charge >= 0.3 is 6.09 Å². The molecule has 3 heterocycles. The Morgan fingerprint density at radius 2 is 2.09 bits per heavy atom. The molecule has 3 aromatic rings. The van der Waals surface area contributed by atoms with Crippen LogP contribution in [0.2, 0.25) is 0 Å². The molecule has 9 nitrogen and oxygen atoms in total. The predicted octanol–water partition coefficient (Wildman–Crippen LogP) is 2.29. The normalized spacial score (nSPS) is 14.3. The van der Waals surface area contributed by atoms with Crippen LogP contribution in [-0.2, 0) is 17.7 Å². The molecule has 0 radical (unpaired) electrons. The number of ether oxygens (including phenoxy) is 1. The summed E-state index contributed by atoms with van der Waals surface area (Å²) >= 11 is 0. The van der Waals surface area contributed by atoms with E-state index in [1.54, 1.807) is 25.4 Å². The lowest BCUT2D eigenvalue weighted by Gasteiger charge is -2.35. The van der Waals surface area contributed by atoms with E-state index in [0.29, 0.717) is 50.0 Å². The molecule has 1 aliphatic rings. The van der Waals surface area contributed by atoms with Gasteiger partial charge in [0, 0.05) is 30.6 Å². The van der Waals surface area contributed by atoms with E-state index in [0.717, 1.165) is 11.1 Å². The maximum Gasteiger partial charge on any atom is 0.407 e. The Labute approximate surface area is 185 Å². The van der Waals surface area contributed by atoms with Gasteiger partial charge in [0.05, 0.1) is 25.8 Å². The first-order valence-corrected chi connectivity index (χ1v) is 10.3. The summed E-state index contributed by atoms with van der Waals surface area (Å²) in [6.07, 6.45) is 2.46. The van der Waals surface area contributed by atoms with Crippen molar-refractivity contribution < 1.29 is 24.3 Å². The second-order valence-electron chi connectivity index (χ2n) is 7.64. The zero-order valence-electron chi connectivity index (χ0n) is 17.6. The van der Waals surface area contributed by atoms with Gasteiger partial charge in [0.1, 0.15) is 17.6 Å². The van der Waals surface area contributed by atoms with Gasteiger partial charge in [-0.15, -0.1) is 0 Å². The smallest absolute Gasteiger partial charge is 0.407 e. The van der Waals surface area contributed by atoms with E-state index in [-0.39, 0.29) is 6.04 Å². The molecule has 4 rings (SSSR count). The number of aromatic nitrogens is 3. The Hall–Kier alpha value is -3.61. The van der Waals surface area contributed by atoms with Crippen LogP contribution < -0.4 is 0 Å². The summed E-state index contributed by atoms with van der Waals surface area (Å²) in [5, 5.41) is 23.1. The van der Waals surface area contributed by atoms with Crippen molar-refractivity contribution in [3.63, 3.8) is 0 Å². The second-order valence-corrected chi connectivity index (χ2v) is 7.64. The highest BCUT2D eigenvalue weighted by Crippen LogP contribution is 2.14. The fraction of sp³-hybridized carbons (Fsp3) is 0.348. The molecule has 1 amide bonds. The van der Waals surface area contributed by atoms with Gasteiger partial charge in [-0.25, -0.2) is 9.78 Å². The number of hydrogen-bond donors (Lipinski definition) is 2. The number of imidazole rings is 1. The molecule has 1 saturated heterocycles. The summed E-state index contributed by atoms with van der Waals surface area (Å²) in [5.74, 6) is 7.02. The van der Waals surface area contributed by atoms with Crippen LogP contribution in [0.25, 0.3) is 0 Å². The lowest BCUT2D eigenvalue weighted by molar-refractivity contribution is -0.0556. The van der Waals surface area contributed by atoms with Crippen LogP contribution in [0.5, 0.6) is 0 Å². The molecule has 0 saturated carbocycles. The summed E-state index contributed by atoms with van der Waals surface area (Å²) < 4.78 is 12.2. The molecule has 1 atom stereocenters. The molecule has 1 fully saturated rings. The summed E-state index contributed by atoms with van der Waals surface area (Å²) in [7, 11) is 0. The molecule has 1 aromatic carbocycles. The van der Waals surface area contributed by atoms with Gasteiger partial charge in [-0.05, 0) is 37.0 Å². The first-order chi connectivity index (χ1) is 15.5. The van der Waals surface area contributed by atoms with Crippen molar-refractivity contribution in [3.8, 4) is 11.8 Å². The Morgan fingerprint density at radius 1 is 1.31 bits per heavy atom. The zero-order valence-corrected chi connectivity index (χ0v) is 17.6. The van der Waals surface area contributed by atoms with Gasteiger partial charge in [-0.3, -0.25) is 0 Å². The average molecular weight is 436 g/mol. The topological polar surface area (TPSA) is 114 Å².